The fraction of sp³-hybridized carbons (Fsp3) is 0.720. The van der Waals surface area contributed by atoms with Crippen LogP contribution in [0.15, 0.2) is 35.0 Å². The van der Waals surface area contributed by atoms with Crippen LogP contribution in [-0.4, -0.2) is 35.4 Å². The molecule has 4 rings (SSSR count). The van der Waals surface area contributed by atoms with Gasteiger partial charge in [0.05, 0.1) is 12.4 Å². The summed E-state index contributed by atoms with van der Waals surface area (Å²) in [7, 11) is 0. The zero-order valence-corrected chi connectivity index (χ0v) is 18.2. The molecule has 0 aliphatic heterocycles. The molecule has 3 saturated carbocycles. The van der Waals surface area contributed by atoms with Crippen LogP contribution in [0.3, 0.4) is 0 Å². The van der Waals surface area contributed by atoms with Gasteiger partial charge in [0.1, 0.15) is 0 Å². The van der Waals surface area contributed by atoms with E-state index in [0.717, 1.165) is 51.4 Å². The molecule has 5 heteroatoms. The quantitative estimate of drug-likeness (QED) is 0.609. The van der Waals surface area contributed by atoms with Crippen molar-refractivity contribution in [3.63, 3.8) is 0 Å². The van der Waals surface area contributed by atoms with Gasteiger partial charge in [-0.05, 0) is 98.5 Å². The Labute approximate surface area is 179 Å². The van der Waals surface area contributed by atoms with Crippen molar-refractivity contribution in [1.29, 1.82) is 0 Å². The minimum atomic E-state index is -0.241. The van der Waals surface area contributed by atoms with Crippen LogP contribution in [0.5, 0.6) is 0 Å². The highest BCUT2D eigenvalue weighted by Gasteiger charge is 2.53. The van der Waals surface area contributed by atoms with Gasteiger partial charge >= 0.3 is 0 Å². The molecule has 166 valence electrons. The average Bonchev–Trinajstić information content (AvgIpc) is 3.36. The first-order valence-corrected chi connectivity index (χ1v) is 11.7. The maximum absolute atomic E-state index is 12.6. The number of carbonyl (C=O) groups is 1. The van der Waals surface area contributed by atoms with Crippen molar-refractivity contribution in [3.8, 4) is 0 Å². The van der Waals surface area contributed by atoms with E-state index in [2.05, 4.69) is 18.8 Å². The lowest BCUT2D eigenvalue weighted by atomic mass is 9.54. The first kappa shape index (κ1) is 21.6. The summed E-state index contributed by atoms with van der Waals surface area (Å²) in [5, 5.41) is 23.0. The number of carbonyl (C=O) groups excluding carboxylic acids is 1. The average molecular weight is 416 g/mol. The lowest BCUT2D eigenvalue weighted by Crippen LogP contribution is -2.49. The molecule has 1 aromatic heterocycles. The molecule has 3 fully saturated rings. The van der Waals surface area contributed by atoms with E-state index in [1.165, 1.54) is 11.8 Å². The Kier molecular flexibility index (Phi) is 6.40. The number of fused-ring (bicyclic) bond motifs is 1. The van der Waals surface area contributed by atoms with Crippen LogP contribution < -0.4 is 5.32 Å². The van der Waals surface area contributed by atoms with Gasteiger partial charge in [0.25, 0.3) is 5.91 Å². The van der Waals surface area contributed by atoms with Crippen LogP contribution in [-0.2, 0) is 0 Å². The number of rotatable bonds is 6. The summed E-state index contributed by atoms with van der Waals surface area (Å²) in [5.74, 6) is 2.51. The van der Waals surface area contributed by atoms with Gasteiger partial charge in [0, 0.05) is 13.2 Å². The highest BCUT2D eigenvalue weighted by Crippen LogP contribution is 2.60. The standard InChI is InChI=1S/C25H37NO4/c1-16-5-8-22-21(15-26-24(29)23-4-3-13-30-23)20(9-11-25(16,22)2)19-7-6-18(28)14-17(19)10-12-27/h3-4,13,17-22,27-28H,1,5-12,14-15H2,2H3,(H,26,29)/t17-,18-,19+,20+,21+,22-,25+/m0/s1. The smallest absolute Gasteiger partial charge is 0.286 e. The van der Waals surface area contributed by atoms with Crippen LogP contribution in [0.25, 0.3) is 0 Å². The van der Waals surface area contributed by atoms with Crippen LogP contribution in [0, 0.1) is 35.0 Å². The van der Waals surface area contributed by atoms with E-state index < -0.39 is 0 Å². The number of aliphatic hydroxyl groups excluding tert-OH is 2. The topological polar surface area (TPSA) is 82.7 Å². The lowest BCUT2D eigenvalue weighted by Gasteiger charge is -2.52. The van der Waals surface area contributed by atoms with Gasteiger partial charge < -0.3 is 19.9 Å². The zero-order chi connectivity index (χ0) is 21.3. The van der Waals surface area contributed by atoms with Crippen molar-refractivity contribution in [2.45, 2.75) is 64.4 Å². The fourth-order valence-electron chi connectivity index (χ4n) is 7.08. The summed E-state index contributed by atoms with van der Waals surface area (Å²) < 4.78 is 5.28. The van der Waals surface area contributed by atoms with Gasteiger partial charge in [-0.3, -0.25) is 4.79 Å². The fourth-order valence-corrected chi connectivity index (χ4v) is 7.08. The largest absolute Gasteiger partial charge is 0.459 e. The summed E-state index contributed by atoms with van der Waals surface area (Å²) in [4.78, 5) is 12.6. The van der Waals surface area contributed by atoms with E-state index in [1.54, 1.807) is 12.1 Å². The van der Waals surface area contributed by atoms with Crippen molar-refractivity contribution in [2.75, 3.05) is 13.2 Å². The monoisotopic (exact) mass is 415 g/mol. The lowest BCUT2D eigenvalue weighted by molar-refractivity contribution is -0.0283. The SMILES string of the molecule is C=C1CC[C@H]2[C@H](CNC(=O)c3ccco3)[C@@H]([C@@H]3CC[C@H](O)C[C@@H]3CCO)CC[C@]12C. The first-order chi connectivity index (χ1) is 14.4. The number of allylic oxidation sites excluding steroid dienone is 1. The number of aliphatic hydroxyl groups is 2. The first-order valence-electron chi connectivity index (χ1n) is 11.7. The minimum absolute atomic E-state index is 0.145. The molecule has 3 aliphatic carbocycles. The third kappa shape index (κ3) is 3.99. The Bertz CT molecular complexity index is 744. The molecule has 1 heterocycles. The Balaban J connectivity index is 1.56. The van der Waals surface area contributed by atoms with Crippen molar-refractivity contribution in [2.24, 2.45) is 35.0 Å². The second-order valence-corrected chi connectivity index (χ2v) is 10.1. The van der Waals surface area contributed by atoms with Gasteiger partial charge in [0.2, 0.25) is 0 Å². The Hall–Kier alpha value is -1.59. The van der Waals surface area contributed by atoms with Crippen molar-refractivity contribution in [3.05, 3.63) is 36.3 Å². The Morgan fingerprint density at radius 1 is 1.30 bits per heavy atom. The van der Waals surface area contributed by atoms with E-state index >= 15 is 0 Å². The molecule has 3 aliphatic rings. The molecular weight excluding hydrogens is 378 g/mol. The number of nitrogens with one attached hydrogen (secondary N) is 1. The molecule has 0 saturated heterocycles. The Morgan fingerprint density at radius 2 is 2.13 bits per heavy atom. The van der Waals surface area contributed by atoms with Crippen molar-refractivity contribution in [1.82, 2.24) is 5.32 Å². The van der Waals surface area contributed by atoms with Gasteiger partial charge in [-0.25, -0.2) is 0 Å². The van der Waals surface area contributed by atoms with E-state index in [0.29, 0.717) is 41.9 Å². The molecule has 5 nitrogen and oxygen atoms in total. The molecule has 1 aromatic rings. The van der Waals surface area contributed by atoms with Gasteiger partial charge in [-0.15, -0.1) is 0 Å². The summed E-state index contributed by atoms with van der Waals surface area (Å²) in [6.45, 7) is 7.61. The molecule has 0 radical (unpaired) electrons. The van der Waals surface area contributed by atoms with Gasteiger partial charge in [-0.2, -0.15) is 0 Å². The van der Waals surface area contributed by atoms with Crippen molar-refractivity contribution < 1.29 is 19.4 Å². The molecule has 0 unspecified atom stereocenters. The maximum atomic E-state index is 12.6. The molecule has 3 N–H and O–H groups in total. The second kappa shape index (κ2) is 8.88. The van der Waals surface area contributed by atoms with Crippen LogP contribution in [0.4, 0.5) is 0 Å². The third-order valence-electron chi connectivity index (χ3n) is 8.75. The molecule has 0 spiro atoms. The molecule has 0 bridgehead atoms. The normalized spacial score (nSPS) is 39.0. The van der Waals surface area contributed by atoms with Crippen LogP contribution in [0.1, 0.15) is 68.8 Å². The van der Waals surface area contributed by atoms with E-state index in [1.807, 2.05) is 0 Å². The number of hydrogen-bond donors (Lipinski definition) is 3. The van der Waals surface area contributed by atoms with E-state index in [9.17, 15) is 15.0 Å². The highest BCUT2D eigenvalue weighted by atomic mass is 16.3. The van der Waals surface area contributed by atoms with Gasteiger partial charge in [0.15, 0.2) is 5.76 Å². The van der Waals surface area contributed by atoms with Crippen LogP contribution in [0.2, 0.25) is 0 Å². The summed E-state index contributed by atoms with van der Waals surface area (Å²) in [6.07, 6.45) is 9.24. The Morgan fingerprint density at radius 3 is 2.87 bits per heavy atom. The minimum Gasteiger partial charge on any atom is -0.459 e. The molecule has 1 amide bonds. The number of hydrogen-bond acceptors (Lipinski definition) is 4. The number of amides is 1. The summed E-state index contributed by atoms with van der Waals surface area (Å²) in [6, 6.07) is 3.44. The maximum Gasteiger partial charge on any atom is 0.286 e. The van der Waals surface area contributed by atoms with E-state index in [-0.39, 0.29) is 24.0 Å². The summed E-state index contributed by atoms with van der Waals surface area (Å²) in [5.41, 5.74) is 1.54. The third-order valence-corrected chi connectivity index (χ3v) is 8.75. The predicted octanol–water partition coefficient (Wildman–Crippen LogP) is 4.17. The summed E-state index contributed by atoms with van der Waals surface area (Å²) >= 11 is 0. The van der Waals surface area contributed by atoms with E-state index in [4.69, 9.17) is 4.42 Å². The molecule has 30 heavy (non-hydrogen) atoms. The highest BCUT2D eigenvalue weighted by molar-refractivity contribution is 5.91. The van der Waals surface area contributed by atoms with Crippen molar-refractivity contribution >= 4 is 5.91 Å². The molecular formula is C25H37NO4. The molecule has 7 atom stereocenters. The van der Waals surface area contributed by atoms with Crippen LogP contribution >= 0.6 is 0 Å². The second-order valence-electron chi connectivity index (χ2n) is 10.1. The van der Waals surface area contributed by atoms with Gasteiger partial charge in [-0.1, -0.05) is 19.1 Å². The predicted molar refractivity (Wildman–Crippen MR) is 116 cm³/mol. The number of furan rings is 1. The molecule has 0 aromatic carbocycles. The zero-order valence-electron chi connectivity index (χ0n) is 18.2.